The number of carbonyl (C=O) groups excluding carboxylic acids is 1. The van der Waals surface area contributed by atoms with Gasteiger partial charge >= 0.3 is 0 Å². The van der Waals surface area contributed by atoms with Gasteiger partial charge in [0, 0.05) is 39.1 Å². The number of anilines is 1. The van der Waals surface area contributed by atoms with Crippen molar-refractivity contribution < 1.29 is 4.79 Å². The number of fused-ring (bicyclic) bond motifs is 1. The van der Waals surface area contributed by atoms with E-state index in [0.717, 1.165) is 37.6 Å². The van der Waals surface area contributed by atoms with Crippen molar-refractivity contribution in [1.29, 1.82) is 0 Å². The molecule has 1 saturated heterocycles. The van der Waals surface area contributed by atoms with Gasteiger partial charge in [-0.05, 0) is 54.3 Å². The van der Waals surface area contributed by atoms with Gasteiger partial charge < -0.3 is 4.57 Å². The molecule has 3 nitrogen and oxygen atoms in total. The summed E-state index contributed by atoms with van der Waals surface area (Å²) in [5.41, 5.74) is 4.07. The Labute approximate surface area is 211 Å². The molecule has 0 spiro atoms. The molecule has 1 aliphatic rings. The van der Waals surface area contributed by atoms with E-state index < -0.39 is 0 Å². The van der Waals surface area contributed by atoms with E-state index in [1.165, 1.54) is 11.8 Å². The number of nitrogens with zero attached hydrogens (tertiary/aromatic N) is 2. The quantitative estimate of drug-likeness (QED) is 0.159. The van der Waals surface area contributed by atoms with Gasteiger partial charge in [-0.3, -0.25) is 9.69 Å². The monoisotopic (exact) mass is 506 g/mol. The lowest BCUT2D eigenvalue weighted by atomic mass is 10.1. The van der Waals surface area contributed by atoms with Gasteiger partial charge in [0.25, 0.3) is 5.91 Å². The molecule has 0 radical (unpaired) electrons. The van der Waals surface area contributed by atoms with E-state index in [1.807, 2.05) is 73.0 Å². The first-order chi connectivity index (χ1) is 16.0. The molecule has 0 saturated carbocycles. The molecule has 3 aromatic carbocycles. The van der Waals surface area contributed by atoms with Gasteiger partial charge in [0.1, 0.15) is 0 Å². The maximum atomic E-state index is 13.3. The van der Waals surface area contributed by atoms with E-state index >= 15 is 0 Å². The average Bonchev–Trinajstić information content (AvgIpc) is 3.31. The van der Waals surface area contributed by atoms with Crippen LogP contribution < -0.4 is 4.90 Å². The summed E-state index contributed by atoms with van der Waals surface area (Å²) in [6.45, 7) is 0.716. The fraction of sp³-hybridized carbons (Fsp3) is 0.0769. The van der Waals surface area contributed by atoms with Gasteiger partial charge in [0.05, 0.1) is 10.6 Å². The van der Waals surface area contributed by atoms with E-state index in [2.05, 4.69) is 22.9 Å². The van der Waals surface area contributed by atoms with E-state index in [1.54, 1.807) is 16.7 Å². The lowest BCUT2D eigenvalue weighted by Gasteiger charge is -2.15. The van der Waals surface area contributed by atoms with Gasteiger partial charge in [-0.1, -0.05) is 72.0 Å². The summed E-state index contributed by atoms with van der Waals surface area (Å²) in [4.78, 5) is 16.7. The highest BCUT2D eigenvalue weighted by Crippen LogP contribution is 2.38. The topological polar surface area (TPSA) is 25.2 Å². The summed E-state index contributed by atoms with van der Waals surface area (Å²) in [6, 6.07) is 24.0. The second-order valence-corrected chi connectivity index (χ2v) is 10.6. The van der Waals surface area contributed by atoms with Crippen molar-refractivity contribution in [2.45, 2.75) is 11.4 Å². The lowest BCUT2D eigenvalue weighted by molar-refractivity contribution is -0.113. The van der Waals surface area contributed by atoms with Crippen molar-refractivity contribution >= 4 is 80.2 Å². The molecule has 5 rings (SSSR count). The molecule has 7 heteroatoms. The average molecular weight is 507 g/mol. The number of thiocarbonyl (C=S) groups is 1. The fourth-order valence-electron chi connectivity index (χ4n) is 3.89. The largest absolute Gasteiger partial charge is 0.342 e. The summed E-state index contributed by atoms with van der Waals surface area (Å²) < 4.78 is 2.75. The third kappa shape index (κ3) is 4.49. The molecule has 164 valence electrons. The highest BCUT2D eigenvalue weighted by Gasteiger charge is 2.33. The minimum atomic E-state index is -0.0854. The molecule has 1 amide bonds. The van der Waals surface area contributed by atoms with E-state index in [4.69, 9.17) is 23.8 Å². The molecule has 0 aliphatic carbocycles. The smallest absolute Gasteiger partial charge is 0.270 e. The standard InChI is InChI=1S/C26H19ClN2OS3/c1-32-21-6-4-5-20(14-21)29-25(30)24(33-26(29)31)13-18-16-28(23-8-3-2-7-22(18)23)15-17-9-11-19(27)12-10-17/h2-14,16H,15H2,1H3/b24-13-. The van der Waals surface area contributed by atoms with Crippen LogP contribution in [0.2, 0.25) is 5.02 Å². The predicted octanol–water partition coefficient (Wildman–Crippen LogP) is 7.47. The molecule has 4 aromatic rings. The van der Waals surface area contributed by atoms with Gasteiger partial charge in [0.2, 0.25) is 0 Å². The van der Waals surface area contributed by atoms with Crippen LogP contribution in [-0.4, -0.2) is 21.1 Å². The Morgan fingerprint density at radius 1 is 1.06 bits per heavy atom. The number of hydrogen-bond acceptors (Lipinski definition) is 4. The minimum absolute atomic E-state index is 0.0854. The first kappa shape index (κ1) is 22.3. The summed E-state index contributed by atoms with van der Waals surface area (Å²) in [7, 11) is 0. The first-order valence-corrected chi connectivity index (χ1v) is 13.1. The Morgan fingerprint density at radius 3 is 2.64 bits per heavy atom. The third-order valence-corrected chi connectivity index (χ3v) is 7.76. The van der Waals surface area contributed by atoms with Crippen LogP contribution in [0.25, 0.3) is 17.0 Å². The normalized spacial score (nSPS) is 15.2. The number of amides is 1. The van der Waals surface area contributed by atoms with Crippen LogP contribution in [0.3, 0.4) is 0 Å². The van der Waals surface area contributed by atoms with Crippen molar-refractivity contribution in [2.75, 3.05) is 11.2 Å². The summed E-state index contributed by atoms with van der Waals surface area (Å²) in [5.74, 6) is -0.0854. The summed E-state index contributed by atoms with van der Waals surface area (Å²) in [5, 5.41) is 1.82. The Bertz CT molecular complexity index is 1410. The second-order valence-electron chi connectivity index (χ2n) is 7.57. The van der Waals surface area contributed by atoms with Gasteiger partial charge in [0.15, 0.2) is 4.32 Å². The molecule has 0 N–H and O–H groups in total. The second kappa shape index (κ2) is 9.39. The molecule has 0 atom stereocenters. The number of para-hydroxylation sites is 1. The number of hydrogen-bond donors (Lipinski definition) is 0. The number of benzene rings is 3. The number of thioether (sulfide) groups is 2. The molecule has 2 heterocycles. The van der Waals surface area contributed by atoms with Crippen LogP contribution in [0.5, 0.6) is 0 Å². The van der Waals surface area contributed by atoms with Crippen molar-refractivity contribution in [3.05, 3.63) is 100 Å². The number of carbonyl (C=O) groups is 1. The maximum Gasteiger partial charge on any atom is 0.270 e. The molecule has 33 heavy (non-hydrogen) atoms. The number of rotatable bonds is 5. The van der Waals surface area contributed by atoms with Crippen LogP contribution in [0.1, 0.15) is 11.1 Å². The predicted molar refractivity (Wildman–Crippen MR) is 146 cm³/mol. The van der Waals surface area contributed by atoms with E-state index in [0.29, 0.717) is 15.8 Å². The Hall–Kier alpha value is -2.51. The molecule has 0 bridgehead atoms. The summed E-state index contributed by atoms with van der Waals surface area (Å²) >= 11 is 14.6. The van der Waals surface area contributed by atoms with Crippen LogP contribution in [0.4, 0.5) is 5.69 Å². The third-order valence-electron chi connectivity index (χ3n) is 5.48. The molecular formula is C26H19ClN2OS3. The van der Waals surface area contributed by atoms with Crippen LogP contribution in [-0.2, 0) is 11.3 Å². The van der Waals surface area contributed by atoms with Crippen molar-refractivity contribution in [2.24, 2.45) is 0 Å². The lowest BCUT2D eigenvalue weighted by Crippen LogP contribution is -2.27. The molecule has 1 aromatic heterocycles. The van der Waals surface area contributed by atoms with Crippen molar-refractivity contribution in [3.63, 3.8) is 0 Å². The maximum absolute atomic E-state index is 13.3. The zero-order valence-corrected chi connectivity index (χ0v) is 20.9. The van der Waals surface area contributed by atoms with Crippen LogP contribution in [0, 0.1) is 0 Å². The van der Waals surface area contributed by atoms with Gasteiger partial charge in [-0.25, -0.2) is 0 Å². The highest BCUT2D eigenvalue weighted by molar-refractivity contribution is 8.27. The van der Waals surface area contributed by atoms with Gasteiger partial charge in [-0.15, -0.1) is 11.8 Å². The van der Waals surface area contributed by atoms with E-state index in [-0.39, 0.29) is 5.91 Å². The zero-order valence-electron chi connectivity index (χ0n) is 17.7. The molecule has 0 unspecified atom stereocenters. The Balaban J connectivity index is 1.50. The van der Waals surface area contributed by atoms with E-state index in [9.17, 15) is 4.79 Å². The highest BCUT2D eigenvalue weighted by atomic mass is 35.5. The Kier molecular flexibility index (Phi) is 6.34. The molecular weight excluding hydrogens is 488 g/mol. The fourth-order valence-corrected chi connectivity index (χ4v) is 5.76. The van der Waals surface area contributed by atoms with Crippen LogP contribution >= 0.6 is 47.3 Å². The number of halogens is 1. The minimum Gasteiger partial charge on any atom is -0.342 e. The molecule has 1 aliphatic heterocycles. The zero-order chi connectivity index (χ0) is 22.9. The van der Waals surface area contributed by atoms with Crippen molar-refractivity contribution in [1.82, 2.24) is 4.57 Å². The van der Waals surface area contributed by atoms with Crippen molar-refractivity contribution in [3.8, 4) is 0 Å². The first-order valence-electron chi connectivity index (χ1n) is 10.3. The SMILES string of the molecule is CSc1cccc(N2C(=O)/C(=C/c3cn(Cc4ccc(Cl)cc4)c4ccccc34)SC2=S)c1. The van der Waals surface area contributed by atoms with Crippen LogP contribution in [0.15, 0.2) is 88.8 Å². The van der Waals surface area contributed by atoms with Gasteiger partial charge in [-0.2, -0.15) is 0 Å². The Morgan fingerprint density at radius 2 is 1.85 bits per heavy atom. The molecule has 1 fully saturated rings. The summed E-state index contributed by atoms with van der Waals surface area (Å²) in [6.07, 6.45) is 6.07. The number of aromatic nitrogens is 1.